The molecule has 0 radical (unpaired) electrons. The van der Waals surface area contributed by atoms with Crippen molar-refractivity contribution in [3.8, 4) is 11.5 Å². The third kappa shape index (κ3) is 3.67. The van der Waals surface area contributed by atoms with Gasteiger partial charge in [-0.2, -0.15) is 0 Å². The first-order valence-corrected chi connectivity index (χ1v) is 6.88. The number of allylic oxidation sites excluding steroid dienone is 1. The van der Waals surface area contributed by atoms with Crippen LogP contribution in [0.3, 0.4) is 0 Å². The van der Waals surface area contributed by atoms with Crippen LogP contribution in [0, 0.1) is 0 Å². The maximum atomic E-state index is 12.2. The highest BCUT2D eigenvalue weighted by molar-refractivity contribution is 7.80. The van der Waals surface area contributed by atoms with Gasteiger partial charge in [0.1, 0.15) is 0 Å². The fraction of sp³-hybridized carbons (Fsp3) is 0.118. The third-order valence-corrected chi connectivity index (χ3v) is 3.32. The first-order valence-electron chi connectivity index (χ1n) is 6.43. The highest BCUT2D eigenvalue weighted by Gasteiger charge is 2.14. The van der Waals surface area contributed by atoms with Crippen LogP contribution in [0.5, 0.6) is 11.5 Å². The second-order valence-corrected chi connectivity index (χ2v) is 4.87. The van der Waals surface area contributed by atoms with E-state index in [0.717, 1.165) is 12.0 Å². The highest BCUT2D eigenvalue weighted by Crippen LogP contribution is 2.29. The Morgan fingerprint density at radius 2 is 2.00 bits per heavy atom. The lowest BCUT2D eigenvalue weighted by molar-refractivity contribution is 0.0726. The molecular formula is C17H16O3S. The van der Waals surface area contributed by atoms with Crippen molar-refractivity contribution in [3.63, 3.8) is 0 Å². The lowest BCUT2D eigenvalue weighted by atomic mass is 10.1. The molecular weight excluding hydrogens is 284 g/mol. The number of carbonyl (C=O) groups is 1. The van der Waals surface area contributed by atoms with E-state index in [9.17, 15) is 4.79 Å². The molecule has 0 saturated carbocycles. The Kier molecular flexibility index (Phi) is 5.06. The molecule has 0 heterocycles. The van der Waals surface area contributed by atoms with Crippen LogP contribution in [0.15, 0.2) is 60.0 Å². The number of hydrogen-bond acceptors (Lipinski definition) is 4. The summed E-state index contributed by atoms with van der Waals surface area (Å²) in [5.74, 6) is 0.432. The maximum absolute atomic E-state index is 12.2. The van der Waals surface area contributed by atoms with Gasteiger partial charge in [-0.25, -0.2) is 4.79 Å². The van der Waals surface area contributed by atoms with E-state index in [2.05, 4.69) is 19.2 Å². The molecule has 0 aliphatic heterocycles. The van der Waals surface area contributed by atoms with Crippen molar-refractivity contribution in [1.29, 1.82) is 0 Å². The van der Waals surface area contributed by atoms with E-state index in [4.69, 9.17) is 9.47 Å². The van der Waals surface area contributed by atoms with Crippen molar-refractivity contribution in [2.75, 3.05) is 7.11 Å². The molecule has 0 fully saturated rings. The van der Waals surface area contributed by atoms with Crippen molar-refractivity contribution < 1.29 is 14.3 Å². The van der Waals surface area contributed by atoms with Crippen LogP contribution in [0.2, 0.25) is 0 Å². The van der Waals surface area contributed by atoms with Crippen LogP contribution in [-0.4, -0.2) is 13.1 Å². The molecule has 0 spiro atoms. The molecule has 0 aliphatic rings. The summed E-state index contributed by atoms with van der Waals surface area (Å²) in [5, 5.41) is 0. The van der Waals surface area contributed by atoms with Crippen molar-refractivity contribution in [2.45, 2.75) is 11.3 Å². The van der Waals surface area contributed by atoms with Gasteiger partial charge in [0.05, 0.1) is 12.7 Å². The fourth-order valence-corrected chi connectivity index (χ4v) is 2.14. The lowest BCUT2D eigenvalue weighted by Crippen LogP contribution is -2.10. The van der Waals surface area contributed by atoms with Gasteiger partial charge in [-0.3, -0.25) is 0 Å². The molecule has 2 rings (SSSR count). The van der Waals surface area contributed by atoms with E-state index in [0.29, 0.717) is 22.0 Å². The monoisotopic (exact) mass is 300 g/mol. The van der Waals surface area contributed by atoms with E-state index in [1.807, 2.05) is 18.2 Å². The standard InChI is InChI=1S/C17H16O3S/c1-3-6-12-9-10-14(15(11-12)19-2)20-17(18)13-7-4-5-8-16(13)21/h3-5,7-11,21H,1,6H2,2H3. The number of carbonyl (C=O) groups excluding carboxylic acids is 1. The van der Waals surface area contributed by atoms with Gasteiger partial charge in [0, 0.05) is 4.90 Å². The Balaban J connectivity index is 2.25. The zero-order valence-corrected chi connectivity index (χ0v) is 12.6. The molecule has 4 heteroatoms. The van der Waals surface area contributed by atoms with Gasteiger partial charge in [-0.05, 0) is 36.2 Å². The van der Waals surface area contributed by atoms with Crippen LogP contribution in [0.1, 0.15) is 15.9 Å². The van der Waals surface area contributed by atoms with Crippen molar-refractivity contribution in [1.82, 2.24) is 0 Å². The minimum atomic E-state index is -0.463. The van der Waals surface area contributed by atoms with Crippen LogP contribution in [0.25, 0.3) is 0 Å². The molecule has 0 amide bonds. The Morgan fingerprint density at radius 3 is 2.67 bits per heavy atom. The van der Waals surface area contributed by atoms with Gasteiger partial charge >= 0.3 is 5.97 Å². The normalized spacial score (nSPS) is 10.0. The van der Waals surface area contributed by atoms with Crippen LogP contribution in [0.4, 0.5) is 0 Å². The molecule has 0 N–H and O–H groups in total. The van der Waals surface area contributed by atoms with Crippen molar-refractivity contribution in [2.24, 2.45) is 0 Å². The predicted molar refractivity (Wildman–Crippen MR) is 85.5 cm³/mol. The Hall–Kier alpha value is -2.20. The fourth-order valence-electron chi connectivity index (χ4n) is 1.89. The van der Waals surface area contributed by atoms with E-state index in [1.54, 1.807) is 30.3 Å². The average Bonchev–Trinajstić information content (AvgIpc) is 2.49. The van der Waals surface area contributed by atoms with Crippen molar-refractivity contribution >= 4 is 18.6 Å². The molecule has 0 unspecified atom stereocenters. The van der Waals surface area contributed by atoms with E-state index < -0.39 is 5.97 Å². The van der Waals surface area contributed by atoms with Crippen LogP contribution in [-0.2, 0) is 6.42 Å². The highest BCUT2D eigenvalue weighted by atomic mass is 32.1. The van der Waals surface area contributed by atoms with Gasteiger partial charge in [0.15, 0.2) is 11.5 Å². The summed E-state index contributed by atoms with van der Waals surface area (Å²) in [6.07, 6.45) is 2.53. The number of ether oxygens (including phenoxy) is 2. The largest absolute Gasteiger partial charge is 0.493 e. The first-order chi connectivity index (χ1) is 10.2. The summed E-state index contributed by atoms with van der Waals surface area (Å²) in [4.78, 5) is 12.7. The summed E-state index contributed by atoms with van der Waals surface area (Å²) >= 11 is 4.25. The molecule has 0 aromatic heterocycles. The van der Waals surface area contributed by atoms with Crippen LogP contribution < -0.4 is 9.47 Å². The summed E-state index contributed by atoms with van der Waals surface area (Å²) in [7, 11) is 1.54. The van der Waals surface area contributed by atoms with Crippen LogP contribution >= 0.6 is 12.6 Å². The molecule has 2 aromatic rings. The van der Waals surface area contributed by atoms with E-state index in [-0.39, 0.29) is 0 Å². The van der Waals surface area contributed by atoms with Crippen molar-refractivity contribution in [3.05, 3.63) is 66.2 Å². The zero-order chi connectivity index (χ0) is 15.2. The number of thiol groups is 1. The van der Waals surface area contributed by atoms with Gasteiger partial charge in [0.25, 0.3) is 0 Å². The van der Waals surface area contributed by atoms with E-state index in [1.165, 1.54) is 7.11 Å². The number of methoxy groups -OCH3 is 1. The third-order valence-electron chi connectivity index (χ3n) is 2.93. The Bertz CT molecular complexity index is 665. The lowest BCUT2D eigenvalue weighted by Gasteiger charge is -2.11. The summed E-state index contributed by atoms with van der Waals surface area (Å²) in [6.45, 7) is 3.70. The molecule has 0 bridgehead atoms. The molecule has 0 saturated heterocycles. The second-order valence-electron chi connectivity index (χ2n) is 4.38. The Morgan fingerprint density at radius 1 is 1.24 bits per heavy atom. The molecule has 0 aliphatic carbocycles. The maximum Gasteiger partial charge on any atom is 0.344 e. The second kappa shape index (κ2) is 6.99. The first kappa shape index (κ1) is 15.2. The van der Waals surface area contributed by atoms with Gasteiger partial charge < -0.3 is 9.47 Å². The minimum absolute atomic E-state index is 0.381. The molecule has 21 heavy (non-hydrogen) atoms. The van der Waals surface area contributed by atoms with Gasteiger partial charge in [0.2, 0.25) is 0 Å². The SMILES string of the molecule is C=CCc1ccc(OC(=O)c2ccccc2S)c(OC)c1. The van der Waals surface area contributed by atoms with Gasteiger partial charge in [-0.15, -0.1) is 19.2 Å². The quantitative estimate of drug-likeness (QED) is 0.393. The molecule has 2 aromatic carbocycles. The van der Waals surface area contributed by atoms with Gasteiger partial charge in [-0.1, -0.05) is 24.3 Å². The summed E-state index contributed by atoms with van der Waals surface area (Å²) in [6, 6.07) is 12.4. The Labute approximate surface area is 129 Å². The van der Waals surface area contributed by atoms with E-state index >= 15 is 0 Å². The number of benzene rings is 2. The molecule has 0 atom stereocenters. The average molecular weight is 300 g/mol. The topological polar surface area (TPSA) is 35.5 Å². The molecule has 3 nitrogen and oxygen atoms in total. The zero-order valence-electron chi connectivity index (χ0n) is 11.7. The summed E-state index contributed by atoms with van der Waals surface area (Å²) in [5.41, 5.74) is 1.45. The molecule has 108 valence electrons. The predicted octanol–water partition coefficient (Wildman–Crippen LogP) is 3.93. The smallest absolute Gasteiger partial charge is 0.344 e. The number of esters is 1. The number of rotatable bonds is 5. The summed E-state index contributed by atoms with van der Waals surface area (Å²) < 4.78 is 10.7. The minimum Gasteiger partial charge on any atom is -0.493 e. The number of hydrogen-bond donors (Lipinski definition) is 1.